The highest BCUT2D eigenvalue weighted by atomic mass is 16.6. The fourth-order valence-corrected chi connectivity index (χ4v) is 2.32. The number of nitro benzene ring substituents is 1. The Morgan fingerprint density at radius 3 is 2.56 bits per heavy atom. The summed E-state index contributed by atoms with van der Waals surface area (Å²) in [5, 5.41) is 31.0. The zero-order valence-corrected chi connectivity index (χ0v) is 12.8. The van der Waals surface area contributed by atoms with E-state index < -0.39 is 10.9 Å². The third kappa shape index (κ3) is 3.58. The molecule has 0 spiro atoms. The SMILES string of the molecule is O=C(O)c1cccc(Nc2ccc(-c3cccnn3)c([N+](=O)[O-])c2)c1. The largest absolute Gasteiger partial charge is 0.478 e. The average molecular weight is 336 g/mol. The minimum absolute atomic E-state index is 0.121. The Hall–Kier alpha value is -3.81. The number of aromatic carboxylic acids is 1. The first-order valence-corrected chi connectivity index (χ1v) is 7.21. The molecule has 3 aromatic rings. The van der Waals surface area contributed by atoms with Gasteiger partial charge in [-0.3, -0.25) is 10.1 Å². The van der Waals surface area contributed by atoms with Crippen LogP contribution >= 0.6 is 0 Å². The molecule has 0 aliphatic rings. The van der Waals surface area contributed by atoms with E-state index in [1.807, 2.05) is 0 Å². The monoisotopic (exact) mass is 336 g/mol. The Labute approximate surface area is 141 Å². The molecule has 0 saturated heterocycles. The number of nitro groups is 1. The molecule has 25 heavy (non-hydrogen) atoms. The van der Waals surface area contributed by atoms with Gasteiger partial charge < -0.3 is 10.4 Å². The first-order valence-electron chi connectivity index (χ1n) is 7.21. The molecule has 0 atom stereocenters. The van der Waals surface area contributed by atoms with E-state index >= 15 is 0 Å². The molecule has 0 radical (unpaired) electrons. The van der Waals surface area contributed by atoms with E-state index in [-0.39, 0.29) is 11.3 Å². The fourth-order valence-electron chi connectivity index (χ4n) is 2.32. The van der Waals surface area contributed by atoms with Gasteiger partial charge in [-0.25, -0.2) is 4.79 Å². The van der Waals surface area contributed by atoms with Gasteiger partial charge in [-0.05, 0) is 42.5 Å². The summed E-state index contributed by atoms with van der Waals surface area (Å²) in [6.07, 6.45) is 1.49. The number of aromatic nitrogens is 2. The molecule has 0 bridgehead atoms. The molecule has 0 saturated carbocycles. The summed E-state index contributed by atoms with van der Waals surface area (Å²) in [5.74, 6) is -1.05. The Balaban J connectivity index is 1.96. The summed E-state index contributed by atoms with van der Waals surface area (Å²) < 4.78 is 0. The van der Waals surface area contributed by atoms with Gasteiger partial charge in [-0.15, -0.1) is 0 Å². The van der Waals surface area contributed by atoms with E-state index in [0.29, 0.717) is 22.6 Å². The van der Waals surface area contributed by atoms with Crippen LogP contribution < -0.4 is 5.32 Å². The second kappa shape index (κ2) is 6.75. The van der Waals surface area contributed by atoms with Crippen LogP contribution in [0.5, 0.6) is 0 Å². The number of rotatable bonds is 5. The van der Waals surface area contributed by atoms with Crippen LogP contribution in [0.2, 0.25) is 0 Å². The molecule has 1 aromatic heterocycles. The third-order valence-corrected chi connectivity index (χ3v) is 3.44. The van der Waals surface area contributed by atoms with Gasteiger partial charge in [-0.2, -0.15) is 10.2 Å². The maximum absolute atomic E-state index is 11.4. The van der Waals surface area contributed by atoms with Crippen molar-refractivity contribution in [2.24, 2.45) is 0 Å². The molecule has 0 amide bonds. The Bertz CT molecular complexity index is 944. The maximum Gasteiger partial charge on any atom is 0.335 e. The van der Waals surface area contributed by atoms with Gasteiger partial charge in [0.05, 0.1) is 21.7 Å². The van der Waals surface area contributed by atoms with Crippen molar-refractivity contribution < 1.29 is 14.8 Å². The fraction of sp³-hybridized carbons (Fsp3) is 0. The van der Waals surface area contributed by atoms with Crippen LogP contribution in [-0.2, 0) is 0 Å². The lowest BCUT2D eigenvalue weighted by Crippen LogP contribution is -1.99. The van der Waals surface area contributed by atoms with Crippen LogP contribution in [-0.4, -0.2) is 26.2 Å². The van der Waals surface area contributed by atoms with Crippen LogP contribution in [0.1, 0.15) is 10.4 Å². The van der Waals surface area contributed by atoms with E-state index in [4.69, 9.17) is 5.11 Å². The minimum Gasteiger partial charge on any atom is -0.478 e. The molecule has 1 heterocycles. The zero-order valence-electron chi connectivity index (χ0n) is 12.8. The number of benzene rings is 2. The summed E-state index contributed by atoms with van der Waals surface area (Å²) in [4.78, 5) is 21.9. The van der Waals surface area contributed by atoms with Crippen molar-refractivity contribution in [3.8, 4) is 11.3 Å². The molecule has 0 aliphatic heterocycles. The quantitative estimate of drug-likeness (QED) is 0.540. The summed E-state index contributed by atoms with van der Waals surface area (Å²) in [6, 6.07) is 14.1. The van der Waals surface area contributed by atoms with Crippen LogP contribution in [0.4, 0.5) is 17.1 Å². The van der Waals surface area contributed by atoms with Crippen LogP contribution in [0.3, 0.4) is 0 Å². The molecular weight excluding hydrogens is 324 g/mol. The van der Waals surface area contributed by atoms with Gasteiger partial charge in [0.2, 0.25) is 0 Å². The summed E-state index contributed by atoms with van der Waals surface area (Å²) in [6.45, 7) is 0. The number of hydrogen-bond donors (Lipinski definition) is 2. The van der Waals surface area contributed by atoms with Gasteiger partial charge in [0.15, 0.2) is 0 Å². The van der Waals surface area contributed by atoms with E-state index in [1.165, 1.54) is 24.4 Å². The van der Waals surface area contributed by atoms with Crippen LogP contribution in [0, 0.1) is 10.1 Å². The highest BCUT2D eigenvalue weighted by Crippen LogP contribution is 2.32. The van der Waals surface area contributed by atoms with Crippen molar-refractivity contribution in [1.82, 2.24) is 10.2 Å². The van der Waals surface area contributed by atoms with Gasteiger partial charge in [-0.1, -0.05) is 6.07 Å². The predicted molar refractivity (Wildman–Crippen MR) is 90.8 cm³/mol. The lowest BCUT2D eigenvalue weighted by molar-refractivity contribution is -0.384. The molecule has 2 aromatic carbocycles. The Kier molecular flexibility index (Phi) is 4.34. The topological polar surface area (TPSA) is 118 Å². The van der Waals surface area contributed by atoms with Gasteiger partial charge >= 0.3 is 5.97 Å². The van der Waals surface area contributed by atoms with Gasteiger partial charge in [0.1, 0.15) is 0 Å². The standard InChI is InChI=1S/C17H12N4O4/c22-17(23)11-3-1-4-12(9-11)19-13-6-7-14(16(10-13)21(24)25)15-5-2-8-18-20-15/h1-10,19H,(H,22,23). The van der Waals surface area contributed by atoms with Crippen molar-refractivity contribution in [3.05, 3.63) is 76.5 Å². The smallest absolute Gasteiger partial charge is 0.335 e. The normalized spacial score (nSPS) is 10.2. The molecule has 0 fully saturated rings. The van der Waals surface area contributed by atoms with Crippen molar-refractivity contribution in [2.75, 3.05) is 5.32 Å². The number of carboxylic acid groups (broad SMARTS) is 1. The molecule has 2 N–H and O–H groups in total. The molecule has 8 heteroatoms. The molecule has 3 rings (SSSR count). The lowest BCUT2D eigenvalue weighted by Gasteiger charge is -2.09. The Morgan fingerprint density at radius 2 is 1.88 bits per heavy atom. The van der Waals surface area contributed by atoms with E-state index in [2.05, 4.69) is 15.5 Å². The number of nitrogens with one attached hydrogen (secondary N) is 1. The summed E-state index contributed by atoms with van der Waals surface area (Å²) >= 11 is 0. The molecule has 8 nitrogen and oxygen atoms in total. The molecule has 124 valence electrons. The highest BCUT2D eigenvalue weighted by Gasteiger charge is 2.17. The van der Waals surface area contributed by atoms with Crippen molar-refractivity contribution in [2.45, 2.75) is 0 Å². The van der Waals surface area contributed by atoms with Crippen molar-refractivity contribution in [1.29, 1.82) is 0 Å². The van der Waals surface area contributed by atoms with Crippen LogP contribution in [0.25, 0.3) is 11.3 Å². The number of nitrogens with zero attached hydrogens (tertiary/aromatic N) is 3. The summed E-state index contributed by atoms with van der Waals surface area (Å²) in [5.41, 5.74) is 1.72. The lowest BCUT2D eigenvalue weighted by atomic mass is 10.1. The molecule has 0 aliphatic carbocycles. The van der Waals surface area contributed by atoms with Gasteiger partial charge in [0.25, 0.3) is 5.69 Å². The second-order valence-electron chi connectivity index (χ2n) is 5.11. The number of hydrogen-bond acceptors (Lipinski definition) is 6. The number of carboxylic acids is 1. The Morgan fingerprint density at radius 1 is 1.08 bits per heavy atom. The van der Waals surface area contributed by atoms with Gasteiger partial charge in [0, 0.05) is 23.6 Å². The number of carbonyl (C=O) groups is 1. The van der Waals surface area contributed by atoms with Crippen LogP contribution in [0.15, 0.2) is 60.8 Å². The highest BCUT2D eigenvalue weighted by molar-refractivity contribution is 5.89. The second-order valence-corrected chi connectivity index (χ2v) is 5.11. The zero-order chi connectivity index (χ0) is 17.8. The minimum atomic E-state index is -1.05. The summed E-state index contributed by atoms with van der Waals surface area (Å²) in [7, 11) is 0. The van der Waals surface area contributed by atoms with E-state index in [0.717, 1.165) is 0 Å². The first kappa shape index (κ1) is 16.1. The van der Waals surface area contributed by atoms with E-state index in [9.17, 15) is 14.9 Å². The maximum atomic E-state index is 11.4. The molecular formula is C17H12N4O4. The molecule has 0 unspecified atom stereocenters. The average Bonchev–Trinajstić information content (AvgIpc) is 2.62. The third-order valence-electron chi connectivity index (χ3n) is 3.44. The predicted octanol–water partition coefficient (Wildman–Crippen LogP) is 3.49. The van der Waals surface area contributed by atoms with Crippen molar-refractivity contribution >= 4 is 23.0 Å². The first-order chi connectivity index (χ1) is 12.0. The number of anilines is 2. The van der Waals surface area contributed by atoms with E-state index in [1.54, 1.807) is 36.4 Å². The van der Waals surface area contributed by atoms with Crippen molar-refractivity contribution in [3.63, 3.8) is 0 Å².